The second kappa shape index (κ2) is 6.22. The number of hydrogen-bond donors (Lipinski definition) is 2. The number of benzene rings is 1. The lowest BCUT2D eigenvalue weighted by Gasteiger charge is -2.11. The summed E-state index contributed by atoms with van der Waals surface area (Å²) in [5.41, 5.74) is 0.622. The third-order valence-corrected chi connectivity index (χ3v) is 5.25. The van der Waals surface area contributed by atoms with E-state index in [1.54, 1.807) is 12.3 Å². The number of nitrogens with zero attached hydrogens (tertiary/aromatic N) is 2. The summed E-state index contributed by atoms with van der Waals surface area (Å²) >= 11 is 7.93. The van der Waals surface area contributed by atoms with Gasteiger partial charge in [0.2, 0.25) is 0 Å². The topological polar surface area (TPSA) is 89.8 Å². The molecule has 1 aromatic heterocycles. The van der Waals surface area contributed by atoms with Crippen LogP contribution in [0.4, 0.5) is 0 Å². The van der Waals surface area contributed by atoms with Gasteiger partial charge in [-0.15, -0.1) is 0 Å². The van der Waals surface area contributed by atoms with Crippen LogP contribution in [0.25, 0.3) is 11.3 Å². The normalized spacial score (nSPS) is 10.4. The van der Waals surface area contributed by atoms with Crippen molar-refractivity contribution in [3.63, 3.8) is 0 Å². The monoisotopic (exact) mass is 429 g/mol. The second-order valence-electron chi connectivity index (χ2n) is 4.10. The van der Waals surface area contributed by atoms with Gasteiger partial charge in [0.25, 0.3) is 5.56 Å². The predicted molar refractivity (Wildman–Crippen MR) is 88.6 cm³/mol. The number of hydrogen-bond acceptors (Lipinski definition) is 5. The van der Waals surface area contributed by atoms with Crippen molar-refractivity contribution in [1.82, 2.24) is 9.97 Å². The zero-order chi connectivity index (χ0) is 15.7. The summed E-state index contributed by atoms with van der Waals surface area (Å²) in [6.07, 6.45) is 1.76. The Kier molecular flexibility index (Phi) is 4.76. The minimum absolute atomic E-state index is 0.0580. The Morgan fingerprint density at radius 2 is 2.14 bits per heavy atom. The third-order valence-electron chi connectivity index (χ3n) is 2.88. The van der Waals surface area contributed by atoms with E-state index >= 15 is 0 Å². The van der Waals surface area contributed by atoms with Crippen molar-refractivity contribution in [1.29, 1.82) is 5.26 Å². The highest BCUT2D eigenvalue weighted by Gasteiger charge is 2.20. The lowest BCUT2D eigenvalue weighted by atomic mass is 10.0. The molecule has 2 rings (SSSR count). The first-order chi connectivity index (χ1) is 9.90. The summed E-state index contributed by atoms with van der Waals surface area (Å²) in [6.45, 7) is 1.82. The van der Waals surface area contributed by atoms with Crippen LogP contribution in [0.1, 0.15) is 11.1 Å². The molecule has 0 radical (unpaired) electrons. The number of nitriles is 1. The molecule has 0 aliphatic rings. The fourth-order valence-corrected chi connectivity index (χ4v) is 3.23. The van der Waals surface area contributed by atoms with Gasteiger partial charge < -0.3 is 10.1 Å². The average molecular weight is 431 g/mol. The lowest BCUT2D eigenvalue weighted by Crippen LogP contribution is -2.14. The van der Waals surface area contributed by atoms with Gasteiger partial charge in [0.1, 0.15) is 23.1 Å². The molecule has 0 atom stereocenters. The van der Waals surface area contributed by atoms with Gasteiger partial charge in [0.05, 0.1) is 4.47 Å². The van der Waals surface area contributed by atoms with E-state index in [1.807, 2.05) is 13.0 Å². The minimum Gasteiger partial charge on any atom is -0.506 e. The van der Waals surface area contributed by atoms with Gasteiger partial charge in [0.15, 0.2) is 5.16 Å². The van der Waals surface area contributed by atoms with E-state index < -0.39 is 5.56 Å². The Balaban J connectivity index is 2.88. The Hall–Kier alpha value is -1.30. The summed E-state index contributed by atoms with van der Waals surface area (Å²) in [6, 6.07) is 3.48. The average Bonchev–Trinajstić information content (AvgIpc) is 2.47. The van der Waals surface area contributed by atoms with Crippen LogP contribution < -0.4 is 5.56 Å². The molecule has 21 heavy (non-hydrogen) atoms. The summed E-state index contributed by atoms with van der Waals surface area (Å²) in [4.78, 5) is 18.7. The van der Waals surface area contributed by atoms with Crippen LogP contribution in [0.5, 0.6) is 5.75 Å². The van der Waals surface area contributed by atoms with Crippen LogP contribution in [-0.2, 0) is 0 Å². The van der Waals surface area contributed by atoms with Crippen LogP contribution in [-0.4, -0.2) is 21.3 Å². The van der Waals surface area contributed by atoms with Gasteiger partial charge in [-0.05, 0) is 40.7 Å². The summed E-state index contributed by atoms with van der Waals surface area (Å²) in [5, 5.41) is 19.9. The van der Waals surface area contributed by atoms with Gasteiger partial charge in [-0.3, -0.25) is 4.79 Å². The number of aromatic nitrogens is 2. The molecule has 0 fully saturated rings. The summed E-state index contributed by atoms with van der Waals surface area (Å²) < 4.78 is 1.22. The van der Waals surface area contributed by atoms with Crippen LogP contribution >= 0.6 is 43.6 Å². The van der Waals surface area contributed by atoms with Crippen molar-refractivity contribution in [2.75, 3.05) is 6.26 Å². The first-order valence-corrected chi connectivity index (χ1v) is 8.48. The molecule has 0 amide bonds. The molecule has 8 heteroatoms. The number of rotatable bonds is 2. The Morgan fingerprint density at radius 3 is 2.71 bits per heavy atom. The highest BCUT2D eigenvalue weighted by atomic mass is 79.9. The summed E-state index contributed by atoms with van der Waals surface area (Å²) in [7, 11) is 0. The van der Waals surface area contributed by atoms with Gasteiger partial charge >= 0.3 is 0 Å². The highest BCUT2D eigenvalue weighted by Crippen LogP contribution is 2.41. The quantitative estimate of drug-likeness (QED) is 0.561. The fraction of sp³-hybridized carbons (Fsp3) is 0.154. The molecular weight excluding hydrogens is 422 g/mol. The SMILES string of the molecule is CSc1nc(-c2cc(Br)c(C)c(Br)c2O)c(C#N)c(=O)[nH]1. The van der Waals surface area contributed by atoms with Crippen molar-refractivity contribution in [3.8, 4) is 23.1 Å². The lowest BCUT2D eigenvalue weighted by molar-refractivity contribution is 0.473. The Morgan fingerprint density at radius 1 is 1.48 bits per heavy atom. The maximum absolute atomic E-state index is 11.9. The van der Waals surface area contributed by atoms with E-state index in [-0.39, 0.29) is 17.0 Å². The van der Waals surface area contributed by atoms with Crippen LogP contribution in [0.15, 0.2) is 25.0 Å². The maximum atomic E-state index is 11.9. The standard InChI is InChI=1S/C13H9Br2N3O2S/c1-5-8(14)3-6(11(19)9(5)15)10-7(4-16)12(20)18-13(17-10)21-2/h3,19H,1-2H3,(H,17,18,20). The minimum atomic E-state index is -0.529. The first kappa shape index (κ1) is 16.1. The van der Waals surface area contributed by atoms with Gasteiger partial charge in [-0.2, -0.15) is 5.26 Å². The van der Waals surface area contributed by atoms with Crippen molar-refractivity contribution >= 4 is 43.6 Å². The van der Waals surface area contributed by atoms with E-state index in [4.69, 9.17) is 0 Å². The molecular formula is C13H9Br2N3O2S. The predicted octanol–water partition coefficient (Wildman–Crippen LogP) is 3.57. The van der Waals surface area contributed by atoms with E-state index in [0.717, 1.165) is 10.0 Å². The highest BCUT2D eigenvalue weighted by molar-refractivity contribution is 9.11. The molecule has 1 heterocycles. The summed E-state index contributed by atoms with van der Waals surface area (Å²) in [5.74, 6) is -0.0580. The van der Waals surface area contributed by atoms with E-state index in [0.29, 0.717) is 15.2 Å². The number of aromatic hydroxyl groups is 1. The van der Waals surface area contributed by atoms with Crippen molar-refractivity contribution < 1.29 is 5.11 Å². The van der Waals surface area contributed by atoms with Crippen molar-refractivity contribution in [3.05, 3.63) is 36.5 Å². The number of phenols is 1. The fourth-order valence-electron chi connectivity index (χ4n) is 1.73. The molecule has 0 bridgehead atoms. The molecule has 0 spiro atoms. The van der Waals surface area contributed by atoms with E-state index in [9.17, 15) is 15.2 Å². The number of aromatic amines is 1. The first-order valence-electron chi connectivity index (χ1n) is 5.67. The molecule has 0 unspecified atom stereocenters. The van der Waals surface area contributed by atoms with E-state index in [1.165, 1.54) is 11.8 Å². The molecule has 5 nitrogen and oxygen atoms in total. The van der Waals surface area contributed by atoms with Crippen LogP contribution in [0.3, 0.4) is 0 Å². The molecule has 2 aromatic rings. The number of H-pyrrole nitrogens is 1. The molecule has 0 aliphatic heterocycles. The molecule has 108 valence electrons. The molecule has 0 aliphatic carbocycles. The second-order valence-corrected chi connectivity index (χ2v) is 6.55. The zero-order valence-electron chi connectivity index (χ0n) is 11.0. The van der Waals surface area contributed by atoms with Gasteiger partial charge in [0, 0.05) is 10.0 Å². The smallest absolute Gasteiger partial charge is 0.270 e. The number of halogens is 2. The third kappa shape index (κ3) is 2.86. The van der Waals surface area contributed by atoms with Gasteiger partial charge in [-0.1, -0.05) is 27.7 Å². The van der Waals surface area contributed by atoms with Gasteiger partial charge in [-0.25, -0.2) is 4.98 Å². The van der Waals surface area contributed by atoms with Crippen LogP contribution in [0.2, 0.25) is 0 Å². The number of thioether (sulfide) groups is 1. The maximum Gasteiger partial charge on any atom is 0.270 e. The molecule has 1 aromatic carbocycles. The molecule has 0 saturated heterocycles. The largest absolute Gasteiger partial charge is 0.506 e. The zero-order valence-corrected chi connectivity index (χ0v) is 15.0. The van der Waals surface area contributed by atoms with E-state index in [2.05, 4.69) is 41.8 Å². The molecule has 0 saturated carbocycles. The van der Waals surface area contributed by atoms with Crippen LogP contribution in [0, 0.1) is 18.3 Å². The van der Waals surface area contributed by atoms with Crippen molar-refractivity contribution in [2.45, 2.75) is 12.1 Å². The number of nitrogens with one attached hydrogen (secondary N) is 1. The van der Waals surface area contributed by atoms with Crippen molar-refractivity contribution in [2.24, 2.45) is 0 Å². The Labute approximate surface area is 141 Å². The molecule has 2 N–H and O–H groups in total. The Bertz CT molecular complexity index is 828. The number of phenolic OH excluding ortho intramolecular Hbond substituents is 1.